The van der Waals surface area contributed by atoms with E-state index in [0.29, 0.717) is 17.9 Å². The zero-order chi connectivity index (χ0) is 15.8. The summed E-state index contributed by atoms with van der Waals surface area (Å²) in [4.78, 5) is 24.1. The summed E-state index contributed by atoms with van der Waals surface area (Å²) in [7, 11) is 0. The molecule has 0 unspecified atom stereocenters. The van der Waals surface area contributed by atoms with E-state index in [-0.39, 0.29) is 5.91 Å². The van der Waals surface area contributed by atoms with Gasteiger partial charge in [-0.3, -0.25) is 9.69 Å². The van der Waals surface area contributed by atoms with Gasteiger partial charge in [-0.1, -0.05) is 13.3 Å². The average Bonchev–Trinajstić information content (AvgIpc) is 2.56. The standard InChI is InChI=1S/C15H22N6O/c1-2-3-4-18-14(22)11-20-5-7-21(8-6-20)15-13(9-16)10-17-12-19-15/h10,12H,2-8,11H2,1H3,(H,18,22). The largest absolute Gasteiger partial charge is 0.355 e. The molecule has 22 heavy (non-hydrogen) atoms. The summed E-state index contributed by atoms with van der Waals surface area (Å²) in [5.41, 5.74) is 0.494. The van der Waals surface area contributed by atoms with E-state index in [1.807, 2.05) is 0 Å². The molecule has 118 valence electrons. The van der Waals surface area contributed by atoms with E-state index in [4.69, 9.17) is 5.26 Å². The molecule has 0 saturated carbocycles. The highest BCUT2D eigenvalue weighted by Gasteiger charge is 2.21. The van der Waals surface area contributed by atoms with Crippen molar-refractivity contribution in [2.75, 3.05) is 44.2 Å². The van der Waals surface area contributed by atoms with Crippen LogP contribution in [0.3, 0.4) is 0 Å². The fourth-order valence-electron chi connectivity index (χ4n) is 2.44. The van der Waals surface area contributed by atoms with Crippen molar-refractivity contribution in [3.8, 4) is 6.07 Å². The molecule has 7 heteroatoms. The van der Waals surface area contributed by atoms with E-state index >= 15 is 0 Å². The summed E-state index contributed by atoms with van der Waals surface area (Å²) in [5, 5.41) is 12.0. The molecule has 1 aliphatic heterocycles. The van der Waals surface area contributed by atoms with Gasteiger partial charge in [0.15, 0.2) is 0 Å². The number of carbonyl (C=O) groups is 1. The Balaban J connectivity index is 1.81. The number of nitrogens with one attached hydrogen (secondary N) is 1. The fraction of sp³-hybridized carbons (Fsp3) is 0.600. The molecule has 1 saturated heterocycles. The summed E-state index contributed by atoms with van der Waals surface area (Å²) < 4.78 is 0. The van der Waals surface area contributed by atoms with Crippen molar-refractivity contribution >= 4 is 11.7 Å². The predicted molar refractivity (Wildman–Crippen MR) is 83.3 cm³/mol. The molecule has 0 atom stereocenters. The van der Waals surface area contributed by atoms with Crippen molar-refractivity contribution in [2.24, 2.45) is 0 Å². The van der Waals surface area contributed by atoms with E-state index in [0.717, 1.165) is 45.6 Å². The minimum absolute atomic E-state index is 0.0849. The van der Waals surface area contributed by atoms with E-state index in [1.54, 1.807) is 0 Å². The van der Waals surface area contributed by atoms with Crippen molar-refractivity contribution in [1.82, 2.24) is 20.2 Å². The first-order chi connectivity index (χ1) is 10.7. The Kier molecular flexibility index (Phi) is 6.10. The Morgan fingerprint density at radius 2 is 2.18 bits per heavy atom. The van der Waals surface area contributed by atoms with Crippen LogP contribution in [-0.4, -0.2) is 60.0 Å². The number of hydrogen-bond donors (Lipinski definition) is 1. The zero-order valence-electron chi connectivity index (χ0n) is 13.0. The highest BCUT2D eigenvalue weighted by molar-refractivity contribution is 5.78. The SMILES string of the molecule is CCCCNC(=O)CN1CCN(c2ncncc2C#N)CC1. The monoisotopic (exact) mass is 302 g/mol. The first-order valence-electron chi connectivity index (χ1n) is 7.68. The van der Waals surface area contributed by atoms with Crippen LogP contribution in [0.1, 0.15) is 25.3 Å². The van der Waals surface area contributed by atoms with Gasteiger partial charge >= 0.3 is 0 Å². The van der Waals surface area contributed by atoms with Gasteiger partial charge < -0.3 is 10.2 Å². The van der Waals surface area contributed by atoms with E-state index in [2.05, 4.69) is 38.1 Å². The lowest BCUT2D eigenvalue weighted by atomic mass is 10.2. The highest BCUT2D eigenvalue weighted by atomic mass is 16.2. The van der Waals surface area contributed by atoms with E-state index in [1.165, 1.54) is 12.5 Å². The van der Waals surface area contributed by atoms with Gasteiger partial charge in [0.2, 0.25) is 5.91 Å². The van der Waals surface area contributed by atoms with Crippen molar-refractivity contribution < 1.29 is 4.79 Å². The van der Waals surface area contributed by atoms with Crippen LogP contribution in [-0.2, 0) is 4.79 Å². The molecule has 1 aliphatic rings. The normalized spacial score (nSPS) is 15.4. The number of carbonyl (C=O) groups excluding carboxylic acids is 1. The van der Waals surface area contributed by atoms with Gasteiger partial charge in [0, 0.05) is 32.7 Å². The molecule has 2 heterocycles. The minimum atomic E-state index is 0.0849. The molecule has 1 fully saturated rings. The van der Waals surface area contributed by atoms with Gasteiger partial charge in [0.05, 0.1) is 12.7 Å². The third-order valence-corrected chi connectivity index (χ3v) is 3.70. The molecular formula is C15H22N6O. The van der Waals surface area contributed by atoms with Crippen LogP contribution in [0.2, 0.25) is 0 Å². The fourth-order valence-corrected chi connectivity index (χ4v) is 2.44. The van der Waals surface area contributed by atoms with Crippen LogP contribution in [0.5, 0.6) is 0 Å². The second-order valence-corrected chi connectivity index (χ2v) is 5.34. The van der Waals surface area contributed by atoms with Gasteiger partial charge in [0.25, 0.3) is 0 Å². The number of rotatable bonds is 6. The van der Waals surface area contributed by atoms with Crippen molar-refractivity contribution in [3.05, 3.63) is 18.1 Å². The lowest BCUT2D eigenvalue weighted by Gasteiger charge is -2.35. The summed E-state index contributed by atoms with van der Waals surface area (Å²) in [6.45, 7) is 6.39. The quantitative estimate of drug-likeness (QED) is 0.765. The zero-order valence-corrected chi connectivity index (χ0v) is 13.0. The van der Waals surface area contributed by atoms with Crippen LogP contribution in [0, 0.1) is 11.3 Å². The molecule has 7 nitrogen and oxygen atoms in total. The summed E-state index contributed by atoms with van der Waals surface area (Å²) in [6, 6.07) is 2.12. The summed E-state index contributed by atoms with van der Waals surface area (Å²) in [5.74, 6) is 0.770. The van der Waals surface area contributed by atoms with Crippen LogP contribution < -0.4 is 10.2 Å². The highest BCUT2D eigenvalue weighted by Crippen LogP contribution is 2.16. The smallest absolute Gasteiger partial charge is 0.234 e. The number of aromatic nitrogens is 2. The number of nitrogens with zero attached hydrogens (tertiary/aromatic N) is 5. The molecule has 1 amide bonds. The topological polar surface area (TPSA) is 85.2 Å². The Bertz CT molecular complexity index is 533. The molecular weight excluding hydrogens is 280 g/mol. The van der Waals surface area contributed by atoms with Crippen LogP contribution in [0.4, 0.5) is 5.82 Å². The Hall–Kier alpha value is -2.20. The number of anilines is 1. The second kappa shape index (κ2) is 8.29. The van der Waals surface area contributed by atoms with Crippen molar-refractivity contribution in [3.63, 3.8) is 0 Å². The second-order valence-electron chi connectivity index (χ2n) is 5.34. The first-order valence-corrected chi connectivity index (χ1v) is 7.68. The molecule has 0 aliphatic carbocycles. The maximum absolute atomic E-state index is 11.8. The molecule has 0 spiro atoms. The Morgan fingerprint density at radius 3 is 2.86 bits per heavy atom. The molecule has 0 aromatic carbocycles. The Labute approximate surface area is 131 Å². The van der Waals surface area contributed by atoms with Crippen LogP contribution in [0.15, 0.2) is 12.5 Å². The predicted octanol–water partition coefficient (Wildman–Crippen LogP) is 0.387. The van der Waals surface area contributed by atoms with Gasteiger partial charge in [-0.25, -0.2) is 9.97 Å². The average molecular weight is 302 g/mol. The third kappa shape index (κ3) is 4.40. The van der Waals surface area contributed by atoms with Crippen molar-refractivity contribution in [2.45, 2.75) is 19.8 Å². The number of piperazine rings is 1. The Morgan fingerprint density at radius 1 is 1.41 bits per heavy atom. The third-order valence-electron chi connectivity index (χ3n) is 3.70. The maximum atomic E-state index is 11.8. The number of amides is 1. The minimum Gasteiger partial charge on any atom is -0.355 e. The van der Waals surface area contributed by atoms with Gasteiger partial charge in [-0.15, -0.1) is 0 Å². The molecule has 0 radical (unpaired) electrons. The van der Waals surface area contributed by atoms with Gasteiger partial charge in [-0.05, 0) is 6.42 Å². The van der Waals surface area contributed by atoms with Crippen LogP contribution in [0.25, 0.3) is 0 Å². The summed E-state index contributed by atoms with van der Waals surface area (Å²) in [6.07, 6.45) is 5.10. The first kappa shape index (κ1) is 16.2. The number of hydrogen-bond acceptors (Lipinski definition) is 6. The number of unbranched alkanes of at least 4 members (excludes halogenated alkanes) is 1. The molecule has 1 N–H and O–H groups in total. The van der Waals surface area contributed by atoms with Gasteiger partial charge in [0.1, 0.15) is 23.8 Å². The molecule has 1 aromatic heterocycles. The number of nitriles is 1. The van der Waals surface area contributed by atoms with E-state index < -0.39 is 0 Å². The van der Waals surface area contributed by atoms with Crippen molar-refractivity contribution in [1.29, 1.82) is 5.26 Å². The van der Waals surface area contributed by atoms with E-state index in [9.17, 15) is 4.79 Å². The maximum Gasteiger partial charge on any atom is 0.234 e. The lowest BCUT2D eigenvalue weighted by Crippen LogP contribution is -2.50. The molecule has 0 bridgehead atoms. The van der Waals surface area contributed by atoms with Gasteiger partial charge in [-0.2, -0.15) is 5.26 Å². The molecule has 1 aromatic rings. The van der Waals surface area contributed by atoms with Crippen LogP contribution >= 0.6 is 0 Å². The molecule has 2 rings (SSSR count). The lowest BCUT2D eigenvalue weighted by molar-refractivity contribution is -0.122. The summed E-state index contributed by atoms with van der Waals surface area (Å²) >= 11 is 0.